The van der Waals surface area contributed by atoms with Gasteiger partial charge in [0.25, 0.3) is 0 Å². The molecule has 0 unspecified atom stereocenters. The molecule has 1 aliphatic rings. The molecule has 0 aromatic heterocycles. The molecule has 4 heteroatoms. The molecule has 118 valence electrons. The highest BCUT2D eigenvalue weighted by Gasteiger charge is 2.30. The van der Waals surface area contributed by atoms with Gasteiger partial charge in [-0.05, 0) is 37.5 Å². The summed E-state index contributed by atoms with van der Waals surface area (Å²) in [6.07, 6.45) is 5.77. The summed E-state index contributed by atoms with van der Waals surface area (Å²) >= 11 is 0. The minimum Gasteiger partial charge on any atom is -0.493 e. The average Bonchev–Trinajstić information content (AvgIpc) is 2.54. The standard InChI is InChI=1S/C17H27NO3/c1-3-21-16-11-14(7-8-15(16)20-2)12-18-17(13-19)9-5-4-6-10-17/h7-8,11,18-19H,3-6,9-10,12-13H2,1-2H3. The van der Waals surface area contributed by atoms with Gasteiger partial charge in [0.2, 0.25) is 0 Å². The molecule has 1 fully saturated rings. The van der Waals surface area contributed by atoms with Crippen molar-refractivity contribution in [1.82, 2.24) is 5.32 Å². The van der Waals surface area contributed by atoms with Gasteiger partial charge in [0.05, 0.1) is 20.3 Å². The number of rotatable bonds is 7. The van der Waals surface area contributed by atoms with Gasteiger partial charge in [-0.3, -0.25) is 0 Å². The van der Waals surface area contributed by atoms with Gasteiger partial charge in [-0.1, -0.05) is 25.3 Å². The number of aliphatic hydroxyl groups excluding tert-OH is 1. The minimum absolute atomic E-state index is 0.107. The molecule has 4 nitrogen and oxygen atoms in total. The van der Waals surface area contributed by atoms with Gasteiger partial charge >= 0.3 is 0 Å². The van der Waals surface area contributed by atoms with Gasteiger partial charge in [-0.15, -0.1) is 0 Å². The Hall–Kier alpha value is -1.26. The summed E-state index contributed by atoms with van der Waals surface area (Å²) in [5, 5.41) is 13.3. The van der Waals surface area contributed by atoms with E-state index in [4.69, 9.17) is 9.47 Å². The molecular weight excluding hydrogens is 266 g/mol. The molecular formula is C17H27NO3. The third-order valence-corrected chi connectivity index (χ3v) is 4.31. The maximum atomic E-state index is 9.73. The van der Waals surface area contributed by atoms with Crippen LogP contribution in [0.1, 0.15) is 44.6 Å². The first-order valence-corrected chi connectivity index (χ1v) is 7.88. The van der Waals surface area contributed by atoms with Gasteiger partial charge in [-0.2, -0.15) is 0 Å². The van der Waals surface area contributed by atoms with E-state index in [-0.39, 0.29) is 12.1 Å². The summed E-state index contributed by atoms with van der Waals surface area (Å²) in [5.74, 6) is 1.54. The first kappa shape index (κ1) is 16.1. The van der Waals surface area contributed by atoms with Crippen molar-refractivity contribution in [2.24, 2.45) is 0 Å². The monoisotopic (exact) mass is 293 g/mol. The third-order valence-electron chi connectivity index (χ3n) is 4.31. The van der Waals surface area contributed by atoms with Gasteiger partial charge in [-0.25, -0.2) is 0 Å². The van der Waals surface area contributed by atoms with E-state index in [9.17, 15) is 5.11 Å². The molecule has 0 radical (unpaired) electrons. The molecule has 0 aliphatic heterocycles. The minimum atomic E-state index is -0.107. The van der Waals surface area contributed by atoms with Crippen LogP contribution in [-0.4, -0.2) is 31.0 Å². The third kappa shape index (κ3) is 4.11. The van der Waals surface area contributed by atoms with Crippen LogP contribution < -0.4 is 14.8 Å². The van der Waals surface area contributed by atoms with E-state index in [1.54, 1.807) is 7.11 Å². The molecule has 0 amide bonds. The Balaban J connectivity index is 2.03. The van der Waals surface area contributed by atoms with Crippen LogP contribution in [0.4, 0.5) is 0 Å². The SMILES string of the molecule is CCOc1cc(CNC2(CO)CCCCC2)ccc1OC. The summed E-state index contributed by atoms with van der Waals surface area (Å²) in [6, 6.07) is 6.00. The van der Waals surface area contributed by atoms with Crippen LogP contribution in [0.15, 0.2) is 18.2 Å². The number of aliphatic hydroxyl groups is 1. The van der Waals surface area contributed by atoms with E-state index < -0.39 is 0 Å². The maximum Gasteiger partial charge on any atom is 0.161 e. The predicted octanol–water partition coefficient (Wildman–Crippen LogP) is 2.88. The average molecular weight is 293 g/mol. The van der Waals surface area contributed by atoms with Crippen molar-refractivity contribution in [2.45, 2.75) is 51.1 Å². The lowest BCUT2D eigenvalue weighted by atomic mass is 9.82. The lowest BCUT2D eigenvalue weighted by Gasteiger charge is -2.36. The first-order chi connectivity index (χ1) is 10.2. The van der Waals surface area contributed by atoms with E-state index in [0.29, 0.717) is 6.61 Å². The summed E-state index contributed by atoms with van der Waals surface area (Å²) in [7, 11) is 1.65. The van der Waals surface area contributed by atoms with E-state index >= 15 is 0 Å². The normalized spacial score (nSPS) is 17.5. The largest absolute Gasteiger partial charge is 0.493 e. The molecule has 1 saturated carbocycles. The zero-order valence-corrected chi connectivity index (χ0v) is 13.2. The number of ether oxygens (including phenoxy) is 2. The molecule has 1 aliphatic carbocycles. The van der Waals surface area contributed by atoms with Crippen LogP contribution in [-0.2, 0) is 6.54 Å². The number of hydrogen-bond donors (Lipinski definition) is 2. The van der Waals surface area contributed by atoms with Crippen LogP contribution in [0.5, 0.6) is 11.5 Å². The van der Waals surface area contributed by atoms with Crippen molar-refractivity contribution in [3.8, 4) is 11.5 Å². The van der Waals surface area contributed by atoms with E-state index in [1.165, 1.54) is 19.3 Å². The highest BCUT2D eigenvalue weighted by atomic mass is 16.5. The zero-order valence-electron chi connectivity index (χ0n) is 13.2. The van der Waals surface area contributed by atoms with Crippen molar-refractivity contribution in [3.63, 3.8) is 0 Å². The first-order valence-electron chi connectivity index (χ1n) is 7.88. The van der Waals surface area contributed by atoms with Gasteiger partial charge in [0.1, 0.15) is 0 Å². The van der Waals surface area contributed by atoms with Gasteiger partial charge in [0, 0.05) is 12.1 Å². The molecule has 21 heavy (non-hydrogen) atoms. The van der Waals surface area contributed by atoms with Crippen molar-refractivity contribution in [1.29, 1.82) is 0 Å². The maximum absolute atomic E-state index is 9.73. The summed E-state index contributed by atoms with van der Waals surface area (Å²) in [5.41, 5.74) is 1.04. The van der Waals surface area contributed by atoms with Crippen molar-refractivity contribution in [2.75, 3.05) is 20.3 Å². The fourth-order valence-electron chi connectivity index (χ4n) is 3.01. The summed E-state index contributed by atoms with van der Waals surface area (Å²) < 4.78 is 10.9. The zero-order chi connectivity index (χ0) is 15.1. The lowest BCUT2D eigenvalue weighted by Crippen LogP contribution is -2.49. The quantitative estimate of drug-likeness (QED) is 0.811. The molecule has 0 heterocycles. The molecule has 2 N–H and O–H groups in total. The van der Waals surface area contributed by atoms with Crippen molar-refractivity contribution >= 4 is 0 Å². The molecule has 2 rings (SSSR count). The van der Waals surface area contributed by atoms with E-state index in [0.717, 1.165) is 36.4 Å². The van der Waals surface area contributed by atoms with Crippen molar-refractivity contribution < 1.29 is 14.6 Å². The second kappa shape index (κ2) is 7.66. The van der Waals surface area contributed by atoms with E-state index in [2.05, 4.69) is 5.32 Å². The number of nitrogens with one attached hydrogen (secondary N) is 1. The molecule has 0 saturated heterocycles. The second-order valence-corrected chi connectivity index (χ2v) is 5.77. The fraction of sp³-hybridized carbons (Fsp3) is 0.647. The topological polar surface area (TPSA) is 50.7 Å². The van der Waals surface area contributed by atoms with Crippen LogP contribution in [0.2, 0.25) is 0 Å². The van der Waals surface area contributed by atoms with Crippen LogP contribution >= 0.6 is 0 Å². The predicted molar refractivity (Wildman–Crippen MR) is 83.9 cm³/mol. The molecule has 0 bridgehead atoms. The number of methoxy groups -OCH3 is 1. The van der Waals surface area contributed by atoms with Crippen molar-refractivity contribution in [3.05, 3.63) is 23.8 Å². The summed E-state index contributed by atoms with van der Waals surface area (Å²) in [6.45, 7) is 3.53. The molecule has 1 aromatic carbocycles. The Bertz CT molecular complexity index is 442. The Morgan fingerprint density at radius 3 is 2.57 bits per heavy atom. The van der Waals surface area contributed by atoms with Crippen LogP contribution in [0, 0.1) is 0 Å². The smallest absolute Gasteiger partial charge is 0.161 e. The molecule has 0 atom stereocenters. The highest BCUT2D eigenvalue weighted by molar-refractivity contribution is 5.43. The van der Waals surface area contributed by atoms with Gasteiger partial charge < -0.3 is 19.9 Å². The fourth-order valence-corrected chi connectivity index (χ4v) is 3.01. The Labute approximate surface area is 127 Å². The number of hydrogen-bond acceptors (Lipinski definition) is 4. The molecule has 1 aromatic rings. The second-order valence-electron chi connectivity index (χ2n) is 5.77. The summed E-state index contributed by atoms with van der Waals surface area (Å²) in [4.78, 5) is 0. The Kier molecular flexibility index (Phi) is 5.88. The van der Waals surface area contributed by atoms with Gasteiger partial charge in [0.15, 0.2) is 11.5 Å². The van der Waals surface area contributed by atoms with Crippen LogP contribution in [0.3, 0.4) is 0 Å². The Morgan fingerprint density at radius 2 is 1.95 bits per heavy atom. The number of benzene rings is 1. The van der Waals surface area contributed by atoms with E-state index in [1.807, 2.05) is 25.1 Å². The highest BCUT2D eigenvalue weighted by Crippen LogP contribution is 2.30. The van der Waals surface area contributed by atoms with Crippen LogP contribution in [0.25, 0.3) is 0 Å². The molecule has 0 spiro atoms. The Morgan fingerprint density at radius 1 is 1.19 bits per heavy atom. The lowest BCUT2D eigenvalue weighted by molar-refractivity contribution is 0.119.